The summed E-state index contributed by atoms with van der Waals surface area (Å²) in [6.07, 6.45) is -2.01. The molecule has 3 rings (SSSR count). The molecule has 12 nitrogen and oxygen atoms in total. The molecule has 0 aliphatic carbocycles. The molecule has 0 aliphatic heterocycles. The van der Waals surface area contributed by atoms with Gasteiger partial charge in [0.15, 0.2) is 34.5 Å². The molecule has 0 fully saturated rings. The summed E-state index contributed by atoms with van der Waals surface area (Å²) in [4.78, 5) is 0. The van der Waals surface area contributed by atoms with Gasteiger partial charge in [-0.1, -0.05) is 18.2 Å². The van der Waals surface area contributed by atoms with Crippen molar-refractivity contribution in [3.8, 4) is 34.5 Å². The van der Waals surface area contributed by atoms with E-state index in [1.807, 2.05) is 0 Å². The van der Waals surface area contributed by atoms with Crippen LogP contribution in [0.15, 0.2) is 54.6 Å². The Bertz CT molecular complexity index is 1010. The van der Waals surface area contributed by atoms with Crippen molar-refractivity contribution in [3.05, 3.63) is 71.3 Å². The molecule has 216 valence electrons. The lowest BCUT2D eigenvalue weighted by Crippen LogP contribution is -2.16. The number of hydrogen-bond donors (Lipinski definition) is 12. The van der Waals surface area contributed by atoms with Gasteiger partial charge in [0.25, 0.3) is 0 Å². The van der Waals surface area contributed by atoms with Crippen molar-refractivity contribution in [2.45, 2.75) is 18.3 Å². The maximum atomic E-state index is 9.48. The largest absolute Gasteiger partial charge is 0.504 e. The zero-order chi connectivity index (χ0) is 29.5. The summed E-state index contributed by atoms with van der Waals surface area (Å²) in [6.45, 7) is 1.22. The highest BCUT2D eigenvalue weighted by molar-refractivity contribution is 5.42. The van der Waals surface area contributed by atoms with Crippen molar-refractivity contribution in [1.29, 1.82) is 0 Å². The first kappa shape index (κ1) is 33.2. The van der Waals surface area contributed by atoms with E-state index >= 15 is 0 Å². The lowest BCUT2D eigenvalue weighted by atomic mass is 10.1. The van der Waals surface area contributed by atoms with E-state index in [9.17, 15) is 15.3 Å². The number of phenolic OH excluding ortho intramolecular Hbond substituents is 6. The van der Waals surface area contributed by atoms with Gasteiger partial charge in [0.2, 0.25) is 0 Å². The fourth-order valence-electron chi connectivity index (χ4n) is 3.18. The average Bonchev–Trinajstić information content (AvgIpc) is 2.90. The third kappa shape index (κ3) is 11.2. The van der Waals surface area contributed by atoms with Crippen molar-refractivity contribution >= 4 is 0 Å². The Morgan fingerprint density at radius 2 is 0.667 bits per heavy atom. The Balaban J connectivity index is 0.000000292. The zero-order valence-corrected chi connectivity index (χ0v) is 22.1. The van der Waals surface area contributed by atoms with Crippen LogP contribution in [0.2, 0.25) is 0 Å². The number of likely N-dealkylation sites (N-methyl/N-ethyl adjacent to an activating group) is 3. The Morgan fingerprint density at radius 3 is 0.846 bits per heavy atom. The van der Waals surface area contributed by atoms with Crippen molar-refractivity contribution in [3.63, 3.8) is 0 Å². The second kappa shape index (κ2) is 16.9. The van der Waals surface area contributed by atoms with E-state index < -0.39 is 18.3 Å². The van der Waals surface area contributed by atoms with Gasteiger partial charge in [0.1, 0.15) is 0 Å². The molecule has 3 aromatic carbocycles. The van der Waals surface area contributed by atoms with Crippen molar-refractivity contribution in [2.75, 3.05) is 40.8 Å². The van der Waals surface area contributed by atoms with Gasteiger partial charge in [-0.05, 0) is 74.2 Å². The van der Waals surface area contributed by atoms with E-state index in [0.717, 1.165) is 0 Å². The predicted molar refractivity (Wildman–Crippen MR) is 146 cm³/mol. The molecule has 39 heavy (non-hydrogen) atoms. The van der Waals surface area contributed by atoms with E-state index in [1.54, 1.807) is 39.3 Å². The lowest BCUT2D eigenvalue weighted by molar-refractivity contribution is 0.177. The monoisotopic (exact) mass is 549 g/mol. The third-order valence-corrected chi connectivity index (χ3v) is 5.35. The molecular weight excluding hydrogens is 510 g/mol. The molecule has 0 heterocycles. The number of phenols is 6. The summed E-state index contributed by atoms with van der Waals surface area (Å²) in [7, 11) is 5.18. The Morgan fingerprint density at radius 1 is 0.436 bits per heavy atom. The molecule has 0 amide bonds. The number of nitrogens with one attached hydrogen (secondary N) is 3. The molecule has 0 saturated heterocycles. The Kier molecular flexibility index (Phi) is 14.4. The minimum Gasteiger partial charge on any atom is -0.504 e. The van der Waals surface area contributed by atoms with Crippen LogP contribution in [-0.2, 0) is 0 Å². The SMILES string of the molecule is CNC[C@H](O)c1ccc(O)c(O)c1.CNC[C@H](O)c1ccc(O)c(O)c1.CNC[C@H](O)c1ccc(O)c(O)c1. The van der Waals surface area contributed by atoms with Gasteiger partial charge >= 0.3 is 0 Å². The summed E-state index contributed by atoms with van der Waals surface area (Å²) < 4.78 is 0. The van der Waals surface area contributed by atoms with Gasteiger partial charge in [-0.2, -0.15) is 0 Å². The minimum absolute atomic E-state index is 0.180. The summed E-state index contributed by atoms with van der Waals surface area (Å²) in [5.41, 5.74) is 1.72. The van der Waals surface area contributed by atoms with Gasteiger partial charge in [0.05, 0.1) is 18.3 Å². The molecule has 0 aliphatic rings. The van der Waals surface area contributed by atoms with E-state index in [4.69, 9.17) is 30.6 Å². The fraction of sp³-hybridized carbons (Fsp3) is 0.333. The van der Waals surface area contributed by atoms with Crippen LogP contribution in [0.25, 0.3) is 0 Å². The van der Waals surface area contributed by atoms with Crippen LogP contribution in [0.4, 0.5) is 0 Å². The molecule has 12 N–H and O–H groups in total. The highest BCUT2D eigenvalue weighted by Crippen LogP contribution is 2.29. The third-order valence-electron chi connectivity index (χ3n) is 5.35. The number of hydrogen-bond acceptors (Lipinski definition) is 12. The van der Waals surface area contributed by atoms with Crippen LogP contribution in [0.1, 0.15) is 35.0 Å². The Labute approximate surface area is 227 Å². The average molecular weight is 550 g/mol. The molecule has 0 saturated carbocycles. The highest BCUT2D eigenvalue weighted by Gasteiger charge is 2.10. The Hall–Kier alpha value is -3.78. The molecule has 0 unspecified atom stereocenters. The van der Waals surface area contributed by atoms with Crippen molar-refractivity contribution < 1.29 is 46.0 Å². The molecule has 0 aromatic heterocycles. The molecule has 12 heteroatoms. The standard InChI is InChI=1S/3C9H13NO3/c3*1-10-5-9(13)6-2-3-7(11)8(12)4-6/h3*2-4,9-13H,5H2,1H3/t3*9-/m000/s1. The number of benzene rings is 3. The van der Waals surface area contributed by atoms with E-state index in [1.165, 1.54) is 36.4 Å². The van der Waals surface area contributed by atoms with E-state index in [0.29, 0.717) is 36.3 Å². The van der Waals surface area contributed by atoms with Crippen LogP contribution in [0, 0.1) is 0 Å². The van der Waals surface area contributed by atoms with Crippen LogP contribution >= 0.6 is 0 Å². The van der Waals surface area contributed by atoms with E-state index in [2.05, 4.69) is 16.0 Å². The van der Waals surface area contributed by atoms with E-state index in [-0.39, 0.29) is 34.5 Å². The first-order valence-electron chi connectivity index (χ1n) is 12.0. The van der Waals surface area contributed by atoms with Gasteiger partial charge < -0.3 is 61.9 Å². The number of aromatic hydroxyl groups is 6. The first-order chi connectivity index (χ1) is 18.4. The second-order valence-electron chi connectivity index (χ2n) is 8.46. The topological polar surface area (TPSA) is 218 Å². The van der Waals surface area contributed by atoms with Gasteiger partial charge in [-0.3, -0.25) is 0 Å². The summed E-state index contributed by atoms with van der Waals surface area (Å²) >= 11 is 0. The highest BCUT2D eigenvalue weighted by atomic mass is 16.3. The van der Waals surface area contributed by atoms with Gasteiger partial charge in [-0.15, -0.1) is 0 Å². The van der Waals surface area contributed by atoms with Crippen LogP contribution in [0.5, 0.6) is 34.5 Å². The molecule has 0 bridgehead atoms. The molecule has 3 atom stereocenters. The number of aliphatic hydroxyl groups is 3. The first-order valence-corrected chi connectivity index (χ1v) is 12.0. The lowest BCUT2D eigenvalue weighted by Gasteiger charge is -2.10. The van der Waals surface area contributed by atoms with Crippen molar-refractivity contribution in [2.24, 2.45) is 0 Å². The van der Waals surface area contributed by atoms with Crippen LogP contribution in [-0.4, -0.2) is 86.7 Å². The maximum absolute atomic E-state index is 9.48. The van der Waals surface area contributed by atoms with Gasteiger partial charge in [-0.25, -0.2) is 0 Å². The van der Waals surface area contributed by atoms with Crippen LogP contribution in [0.3, 0.4) is 0 Å². The summed E-state index contributed by atoms with van der Waals surface area (Å²) in [6, 6.07) is 12.8. The fourth-order valence-corrected chi connectivity index (χ4v) is 3.18. The molecule has 0 spiro atoms. The number of rotatable bonds is 9. The molecule has 3 aromatic rings. The maximum Gasteiger partial charge on any atom is 0.157 e. The quantitative estimate of drug-likeness (QED) is 0.169. The van der Waals surface area contributed by atoms with Gasteiger partial charge in [0, 0.05) is 19.6 Å². The minimum atomic E-state index is -0.670. The summed E-state index contributed by atoms with van der Waals surface area (Å²) in [5.74, 6) is -1.19. The smallest absolute Gasteiger partial charge is 0.157 e. The predicted octanol–water partition coefficient (Wildman–Crippen LogP) is 1.05. The van der Waals surface area contributed by atoms with Crippen molar-refractivity contribution in [1.82, 2.24) is 16.0 Å². The van der Waals surface area contributed by atoms with Crippen LogP contribution < -0.4 is 16.0 Å². The number of aliphatic hydroxyl groups excluding tert-OH is 3. The summed E-state index contributed by atoms with van der Waals surface area (Å²) in [5, 5.41) is 91.3. The molecule has 0 radical (unpaired) electrons. The second-order valence-corrected chi connectivity index (χ2v) is 8.46. The normalized spacial score (nSPS) is 12.8. The zero-order valence-electron chi connectivity index (χ0n) is 22.1. The molecular formula is C27H39N3O9.